The predicted molar refractivity (Wildman–Crippen MR) is 78.4 cm³/mol. The molecular weight excluding hydrogens is 208 g/mol. The van der Waals surface area contributed by atoms with E-state index < -0.39 is 0 Å². The molecule has 2 heteroatoms. The Morgan fingerprint density at radius 2 is 1.47 bits per heavy atom. The maximum Gasteiger partial charge on any atom is 0.0203 e. The van der Waals surface area contributed by atoms with Crippen LogP contribution in [0.5, 0.6) is 0 Å². The van der Waals surface area contributed by atoms with Gasteiger partial charge in [0.05, 0.1) is 0 Å². The predicted octanol–water partition coefficient (Wildman–Crippen LogP) is 3.15. The molecule has 0 amide bonds. The maximum atomic E-state index is 4.18. The van der Waals surface area contributed by atoms with E-state index in [-0.39, 0.29) is 0 Å². The second-order valence-corrected chi connectivity index (χ2v) is 6.27. The molecule has 0 rings (SSSR count). The molecule has 2 nitrogen and oxygen atoms in total. The monoisotopic (exact) mass is 240 g/mol. The van der Waals surface area contributed by atoms with Gasteiger partial charge < -0.3 is 5.32 Å². The Hall–Kier alpha value is -0.340. The first-order valence-corrected chi connectivity index (χ1v) is 6.93. The molecule has 1 N–H and O–H groups in total. The van der Waals surface area contributed by atoms with E-state index in [2.05, 4.69) is 58.3 Å². The minimum Gasteiger partial charge on any atom is -0.311 e. The molecule has 17 heavy (non-hydrogen) atoms. The molecule has 0 aromatic heterocycles. The van der Waals surface area contributed by atoms with Gasteiger partial charge in [0.25, 0.3) is 0 Å². The summed E-state index contributed by atoms with van der Waals surface area (Å²) < 4.78 is 0. The van der Waals surface area contributed by atoms with Crippen LogP contribution in [0.3, 0.4) is 0 Å². The van der Waals surface area contributed by atoms with Gasteiger partial charge in [0.15, 0.2) is 0 Å². The normalized spacial score (nSPS) is 12.1. The summed E-state index contributed by atoms with van der Waals surface area (Å²) in [4.78, 5) is 2.53. The lowest BCUT2D eigenvalue weighted by Gasteiger charge is -2.27. The zero-order chi connectivity index (χ0) is 13.4. The van der Waals surface area contributed by atoms with E-state index in [4.69, 9.17) is 0 Å². The van der Waals surface area contributed by atoms with Crippen LogP contribution in [0.1, 0.15) is 41.5 Å². The summed E-state index contributed by atoms with van der Waals surface area (Å²) >= 11 is 0. The first kappa shape index (κ1) is 16.7. The van der Waals surface area contributed by atoms with Crippen molar-refractivity contribution in [3.63, 3.8) is 0 Å². The van der Waals surface area contributed by atoms with E-state index >= 15 is 0 Å². The fraction of sp³-hybridized carbons (Fsp3) is 0.867. The molecule has 0 radical (unpaired) electrons. The molecule has 0 aromatic rings. The van der Waals surface area contributed by atoms with E-state index in [9.17, 15) is 0 Å². The lowest BCUT2D eigenvalue weighted by Crippen LogP contribution is -2.35. The number of hydrogen-bond donors (Lipinski definition) is 1. The standard InChI is InChI=1S/C15H32N2/c1-12(2)9-17(10-13(3)4)11-15(7)8-16-14(5)6/h12-14,16H,7-11H2,1-6H3. The lowest BCUT2D eigenvalue weighted by molar-refractivity contribution is 0.235. The summed E-state index contributed by atoms with van der Waals surface area (Å²) in [6.45, 7) is 21.9. The fourth-order valence-electron chi connectivity index (χ4n) is 1.96. The molecule has 0 aromatic carbocycles. The fourth-order valence-corrected chi connectivity index (χ4v) is 1.96. The average Bonchev–Trinajstić information content (AvgIpc) is 2.12. The molecule has 0 fully saturated rings. The zero-order valence-corrected chi connectivity index (χ0v) is 12.7. The van der Waals surface area contributed by atoms with Crippen molar-refractivity contribution in [3.05, 3.63) is 12.2 Å². The van der Waals surface area contributed by atoms with Crippen molar-refractivity contribution in [1.82, 2.24) is 10.2 Å². The summed E-state index contributed by atoms with van der Waals surface area (Å²) in [6, 6.07) is 0.537. The maximum absolute atomic E-state index is 4.18. The van der Waals surface area contributed by atoms with Gasteiger partial charge in [-0.25, -0.2) is 0 Å². The third-order valence-corrected chi connectivity index (χ3v) is 2.45. The van der Waals surface area contributed by atoms with Crippen LogP contribution in [0.25, 0.3) is 0 Å². The third kappa shape index (κ3) is 10.5. The third-order valence-electron chi connectivity index (χ3n) is 2.45. The van der Waals surface area contributed by atoms with Crippen LogP contribution in [-0.2, 0) is 0 Å². The molecule has 0 spiro atoms. The van der Waals surface area contributed by atoms with Gasteiger partial charge in [-0.05, 0) is 17.4 Å². The minimum atomic E-state index is 0.537. The topological polar surface area (TPSA) is 15.3 Å². The van der Waals surface area contributed by atoms with Crippen LogP contribution in [0, 0.1) is 11.8 Å². The van der Waals surface area contributed by atoms with Gasteiger partial charge in [0.1, 0.15) is 0 Å². The van der Waals surface area contributed by atoms with E-state index in [1.54, 1.807) is 0 Å². The van der Waals surface area contributed by atoms with Gasteiger partial charge in [-0.2, -0.15) is 0 Å². The number of hydrogen-bond acceptors (Lipinski definition) is 2. The van der Waals surface area contributed by atoms with E-state index in [1.807, 2.05) is 0 Å². The highest BCUT2D eigenvalue weighted by atomic mass is 15.1. The second kappa shape index (κ2) is 8.71. The lowest BCUT2D eigenvalue weighted by atomic mass is 10.1. The zero-order valence-electron chi connectivity index (χ0n) is 12.7. The number of nitrogens with zero attached hydrogens (tertiary/aromatic N) is 1. The van der Waals surface area contributed by atoms with Gasteiger partial charge in [-0.1, -0.05) is 48.1 Å². The molecule has 0 saturated heterocycles. The number of nitrogens with one attached hydrogen (secondary N) is 1. The van der Waals surface area contributed by atoms with Crippen molar-refractivity contribution >= 4 is 0 Å². The highest BCUT2D eigenvalue weighted by Gasteiger charge is 2.10. The highest BCUT2D eigenvalue weighted by Crippen LogP contribution is 2.06. The molecule has 0 aliphatic heterocycles. The van der Waals surface area contributed by atoms with Crippen LogP contribution in [0.15, 0.2) is 12.2 Å². The van der Waals surface area contributed by atoms with Crippen molar-refractivity contribution in [1.29, 1.82) is 0 Å². The Morgan fingerprint density at radius 3 is 1.82 bits per heavy atom. The SMILES string of the molecule is C=C(CNC(C)C)CN(CC(C)C)CC(C)C. The number of rotatable bonds is 9. The van der Waals surface area contributed by atoms with E-state index in [1.165, 1.54) is 18.7 Å². The smallest absolute Gasteiger partial charge is 0.0203 e. The van der Waals surface area contributed by atoms with Crippen LogP contribution < -0.4 is 5.32 Å². The van der Waals surface area contributed by atoms with Gasteiger partial charge in [-0.3, -0.25) is 4.90 Å². The van der Waals surface area contributed by atoms with Crippen LogP contribution in [0.2, 0.25) is 0 Å². The van der Waals surface area contributed by atoms with E-state index in [0.29, 0.717) is 6.04 Å². The molecular formula is C15H32N2. The first-order chi connectivity index (χ1) is 7.81. The summed E-state index contributed by atoms with van der Waals surface area (Å²) in [5, 5.41) is 3.43. The summed E-state index contributed by atoms with van der Waals surface area (Å²) in [6.07, 6.45) is 0. The molecule has 0 aliphatic carbocycles. The summed E-state index contributed by atoms with van der Waals surface area (Å²) in [5.41, 5.74) is 1.29. The average molecular weight is 240 g/mol. The van der Waals surface area contributed by atoms with Crippen molar-refractivity contribution in [3.8, 4) is 0 Å². The molecule has 102 valence electrons. The minimum absolute atomic E-state index is 0.537. The van der Waals surface area contributed by atoms with Gasteiger partial charge in [0.2, 0.25) is 0 Å². The van der Waals surface area contributed by atoms with E-state index in [0.717, 1.165) is 24.9 Å². The Kier molecular flexibility index (Phi) is 8.53. The van der Waals surface area contributed by atoms with Crippen LogP contribution in [0.4, 0.5) is 0 Å². The molecule has 0 bridgehead atoms. The largest absolute Gasteiger partial charge is 0.311 e. The quantitative estimate of drug-likeness (QED) is 0.623. The molecule has 0 unspecified atom stereocenters. The summed E-state index contributed by atoms with van der Waals surface area (Å²) in [7, 11) is 0. The first-order valence-electron chi connectivity index (χ1n) is 6.93. The van der Waals surface area contributed by atoms with Crippen molar-refractivity contribution in [2.75, 3.05) is 26.2 Å². The van der Waals surface area contributed by atoms with Crippen LogP contribution in [-0.4, -0.2) is 37.1 Å². The second-order valence-electron chi connectivity index (χ2n) is 6.27. The van der Waals surface area contributed by atoms with Crippen molar-refractivity contribution in [2.24, 2.45) is 11.8 Å². The van der Waals surface area contributed by atoms with Crippen molar-refractivity contribution < 1.29 is 0 Å². The Balaban J connectivity index is 4.08. The van der Waals surface area contributed by atoms with Crippen molar-refractivity contribution in [2.45, 2.75) is 47.6 Å². The molecule has 0 aliphatic rings. The van der Waals surface area contributed by atoms with Gasteiger partial charge >= 0.3 is 0 Å². The van der Waals surface area contributed by atoms with Crippen LogP contribution >= 0.6 is 0 Å². The Morgan fingerprint density at radius 1 is 1.00 bits per heavy atom. The van der Waals surface area contributed by atoms with Gasteiger partial charge in [-0.15, -0.1) is 0 Å². The molecule has 0 heterocycles. The molecule has 0 atom stereocenters. The highest BCUT2D eigenvalue weighted by molar-refractivity contribution is 5.00. The Bertz CT molecular complexity index is 197. The summed E-state index contributed by atoms with van der Waals surface area (Å²) in [5.74, 6) is 1.44. The van der Waals surface area contributed by atoms with Gasteiger partial charge in [0, 0.05) is 32.2 Å². The molecule has 0 saturated carbocycles. The Labute approximate surface area is 108 Å².